The van der Waals surface area contributed by atoms with E-state index in [0.29, 0.717) is 0 Å². The monoisotopic (exact) mass is 384 g/mol. The second kappa shape index (κ2) is 8.04. The number of para-hydroxylation sites is 1. The van der Waals surface area contributed by atoms with Crippen molar-refractivity contribution in [1.82, 2.24) is 9.88 Å². The highest BCUT2D eigenvalue weighted by atomic mass is 19.1. The Hall–Kier alpha value is -3.48. The van der Waals surface area contributed by atoms with Crippen LogP contribution in [0.5, 0.6) is 0 Å². The van der Waals surface area contributed by atoms with Crippen LogP contribution in [-0.4, -0.2) is 40.0 Å². The van der Waals surface area contributed by atoms with Gasteiger partial charge in [0.25, 0.3) is 0 Å². The number of amides is 1. The third-order valence-corrected chi connectivity index (χ3v) is 4.58. The summed E-state index contributed by atoms with van der Waals surface area (Å²) >= 11 is 0. The molecule has 0 spiro atoms. The van der Waals surface area contributed by atoms with Crippen LogP contribution in [0.2, 0.25) is 0 Å². The number of likely N-dealkylation sites (N-methyl/N-ethyl adjacent to an activating group) is 1. The second-order valence-corrected chi connectivity index (χ2v) is 6.34. The lowest BCUT2D eigenvalue weighted by Gasteiger charge is -2.23. The fraction of sp³-hybridized carbons (Fsp3) is 0.143. The van der Waals surface area contributed by atoms with Crippen molar-refractivity contribution in [2.75, 3.05) is 7.05 Å². The van der Waals surface area contributed by atoms with Gasteiger partial charge in [0.1, 0.15) is 17.7 Å². The van der Waals surface area contributed by atoms with Gasteiger partial charge >= 0.3 is 5.97 Å². The third kappa shape index (κ3) is 3.93. The SMILES string of the molecule is CN(C(=O)C=Cc1c(F)cccc1F)[C@@H](Cc1c[nH]c2ccccc12)C(=O)O. The number of hydrogen-bond acceptors (Lipinski definition) is 2. The first-order valence-electron chi connectivity index (χ1n) is 8.55. The molecule has 3 aromatic rings. The molecule has 28 heavy (non-hydrogen) atoms. The molecule has 1 amide bonds. The van der Waals surface area contributed by atoms with Crippen molar-refractivity contribution in [2.24, 2.45) is 0 Å². The average molecular weight is 384 g/mol. The van der Waals surface area contributed by atoms with E-state index in [0.717, 1.165) is 45.7 Å². The molecule has 0 radical (unpaired) electrons. The van der Waals surface area contributed by atoms with Gasteiger partial charge in [-0.1, -0.05) is 24.3 Å². The van der Waals surface area contributed by atoms with Crippen LogP contribution in [0.15, 0.2) is 54.7 Å². The summed E-state index contributed by atoms with van der Waals surface area (Å²) in [6.45, 7) is 0. The lowest BCUT2D eigenvalue weighted by molar-refractivity contribution is -0.147. The molecule has 0 fully saturated rings. The molecule has 0 aliphatic carbocycles. The number of rotatable bonds is 6. The van der Waals surface area contributed by atoms with Crippen LogP contribution in [-0.2, 0) is 16.0 Å². The number of fused-ring (bicyclic) bond motifs is 1. The lowest BCUT2D eigenvalue weighted by Crippen LogP contribution is -2.43. The largest absolute Gasteiger partial charge is 0.480 e. The summed E-state index contributed by atoms with van der Waals surface area (Å²) < 4.78 is 27.4. The molecule has 0 aliphatic heterocycles. The molecular formula is C21H18F2N2O3. The van der Waals surface area contributed by atoms with Gasteiger partial charge in [0.15, 0.2) is 0 Å². The predicted molar refractivity (Wildman–Crippen MR) is 102 cm³/mol. The maximum Gasteiger partial charge on any atom is 0.326 e. The maximum absolute atomic E-state index is 13.7. The first-order chi connectivity index (χ1) is 13.4. The summed E-state index contributed by atoms with van der Waals surface area (Å²) in [4.78, 5) is 28.2. The normalized spacial score (nSPS) is 12.4. The molecule has 5 nitrogen and oxygen atoms in total. The summed E-state index contributed by atoms with van der Waals surface area (Å²) in [6, 6.07) is 9.68. The van der Waals surface area contributed by atoms with Crippen LogP contribution in [0, 0.1) is 11.6 Å². The minimum Gasteiger partial charge on any atom is -0.480 e. The summed E-state index contributed by atoms with van der Waals surface area (Å²) in [5.41, 5.74) is 1.27. The fourth-order valence-electron chi connectivity index (χ4n) is 2.99. The smallest absolute Gasteiger partial charge is 0.326 e. The summed E-state index contributed by atoms with van der Waals surface area (Å²) in [5, 5.41) is 10.5. The van der Waals surface area contributed by atoms with Gasteiger partial charge in [-0.05, 0) is 29.8 Å². The minimum atomic E-state index is -1.17. The van der Waals surface area contributed by atoms with Crippen molar-refractivity contribution in [3.05, 3.63) is 77.5 Å². The van der Waals surface area contributed by atoms with E-state index in [1.807, 2.05) is 24.3 Å². The molecular weight excluding hydrogens is 366 g/mol. The van der Waals surface area contributed by atoms with Crippen LogP contribution in [0.4, 0.5) is 8.78 Å². The third-order valence-electron chi connectivity index (χ3n) is 4.58. The highest BCUT2D eigenvalue weighted by Crippen LogP contribution is 2.21. The molecule has 0 aliphatic rings. The molecule has 0 saturated heterocycles. The molecule has 1 atom stereocenters. The first kappa shape index (κ1) is 19.3. The summed E-state index contributed by atoms with van der Waals surface area (Å²) in [5.74, 6) is -3.46. The van der Waals surface area contributed by atoms with Crippen LogP contribution in [0.25, 0.3) is 17.0 Å². The van der Waals surface area contributed by atoms with Gasteiger partial charge < -0.3 is 15.0 Å². The molecule has 7 heteroatoms. The zero-order valence-electron chi connectivity index (χ0n) is 15.0. The molecule has 0 bridgehead atoms. The van der Waals surface area contributed by atoms with Gasteiger partial charge in [-0.25, -0.2) is 13.6 Å². The van der Waals surface area contributed by atoms with Crippen molar-refractivity contribution >= 4 is 28.9 Å². The highest BCUT2D eigenvalue weighted by Gasteiger charge is 2.26. The Morgan fingerprint density at radius 1 is 1.14 bits per heavy atom. The van der Waals surface area contributed by atoms with Crippen molar-refractivity contribution < 1.29 is 23.5 Å². The number of halogens is 2. The average Bonchev–Trinajstić information content (AvgIpc) is 3.07. The number of aromatic nitrogens is 1. The van der Waals surface area contributed by atoms with E-state index in [2.05, 4.69) is 4.98 Å². The minimum absolute atomic E-state index is 0.0868. The van der Waals surface area contributed by atoms with E-state index in [-0.39, 0.29) is 12.0 Å². The fourth-order valence-corrected chi connectivity index (χ4v) is 2.99. The number of nitrogens with one attached hydrogen (secondary N) is 1. The lowest BCUT2D eigenvalue weighted by atomic mass is 10.0. The zero-order chi connectivity index (χ0) is 20.3. The number of carbonyl (C=O) groups excluding carboxylic acids is 1. The number of benzene rings is 2. The number of nitrogens with zero attached hydrogens (tertiary/aromatic N) is 1. The summed E-state index contributed by atoms with van der Waals surface area (Å²) in [6.07, 6.45) is 3.77. The molecule has 0 unspecified atom stereocenters. The second-order valence-electron chi connectivity index (χ2n) is 6.34. The van der Waals surface area contributed by atoms with Crippen molar-refractivity contribution in [1.29, 1.82) is 0 Å². The molecule has 144 valence electrons. The Morgan fingerprint density at radius 2 is 1.82 bits per heavy atom. The van der Waals surface area contributed by atoms with Crippen LogP contribution in [0.3, 0.4) is 0 Å². The molecule has 2 aromatic carbocycles. The molecule has 2 N–H and O–H groups in total. The molecule has 1 heterocycles. The number of H-pyrrole nitrogens is 1. The predicted octanol–water partition coefficient (Wildman–Crippen LogP) is 3.61. The molecule has 0 saturated carbocycles. The van der Waals surface area contributed by atoms with E-state index >= 15 is 0 Å². The van der Waals surface area contributed by atoms with Gasteiger partial charge in [0.05, 0.1) is 0 Å². The molecule has 3 rings (SSSR count). The number of carboxylic acids is 1. The number of aliphatic carboxylic acids is 1. The van der Waals surface area contributed by atoms with Gasteiger partial charge in [-0.2, -0.15) is 0 Å². The number of aromatic amines is 1. The zero-order valence-corrected chi connectivity index (χ0v) is 15.0. The highest BCUT2D eigenvalue weighted by molar-refractivity contribution is 5.94. The van der Waals surface area contributed by atoms with Crippen molar-refractivity contribution in [2.45, 2.75) is 12.5 Å². The van der Waals surface area contributed by atoms with Crippen molar-refractivity contribution in [3.8, 4) is 0 Å². The number of hydrogen-bond donors (Lipinski definition) is 2. The van der Waals surface area contributed by atoms with Crippen LogP contribution < -0.4 is 0 Å². The Kier molecular flexibility index (Phi) is 5.54. The van der Waals surface area contributed by atoms with Crippen molar-refractivity contribution in [3.63, 3.8) is 0 Å². The standard InChI is InChI=1S/C21H18F2N2O3/c1-25(20(26)10-9-15-16(22)6-4-7-17(15)23)19(21(27)28)11-13-12-24-18-8-3-2-5-14(13)18/h2-10,12,19,24H,11H2,1H3,(H,27,28)/t19-/m0/s1. The maximum atomic E-state index is 13.7. The van der Waals surface area contributed by atoms with Crippen LogP contribution in [0.1, 0.15) is 11.1 Å². The Labute approximate surface area is 159 Å². The Bertz CT molecular complexity index is 1040. The number of carboxylic acid groups (broad SMARTS) is 1. The Balaban J connectivity index is 1.81. The van der Waals surface area contributed by atoms with Gasteiger partial charge in [-0.3, -0.25) is 4.79 Å². The van der Waals surface area contributed by atoms with E-state index in [1.54, 1.807) is 6.20 Å². The molecule has 1 aromatic heterocycles. The van der Waals surface area contributed by atoms with E-state index in [1.165, 1.54) is 13.1 Å². The van der Waals surface area contributed by atoms with Crippen LogP contribution >= 0.6 is 0 Å². The van der Waals surface area contributed by atoms with E-state index in [9.17, 15) is 23.5 Å². The number of carbonyl (C=O) groups is 2. The van der Waals surface area contributed by atoms with Gasteiger partial charge in [0, 0.05) is 42.2 Å². The quantitative estimate of drug-likeness (QED) is 0.638. The van der Waals surface area contributed by atoms with E-state index < -0.39 is 29.6 Å². The van der Waals surface area contributed by atoms with E-state index in [4.69, 9.17) is 0 Å². The summed E-state index contributed by atoms with van der Waals surface area (Å²) in [7, 11) is 1.35. The first-order valence-corrected chi connectivity index (χ1v) is 8.55. The Morgan fingerprint density at radius 3 is 2.50 bits per heavy atom. The topological polar surface area (TPSA) is 73.4 Å². The van der Waals surface area contributed by atoms with Gasteiger partial charge in [0.2, 0.25) is 5.91 Å². The van der Waals surface area contributed by atoms with Gasteiger partial charge in [-0.15, -0.1) is 0 Å².